The van der Waals surface area contributed by atoms with Crippen molar-refractivity contribution in [1.82, 2.24) is 5.32 Å². The molecule has 1 heterocycles. The van der Waals surface area contributed by atoms with E-state index in [0.717, 1.165) is 5.56 Å². The van der Waals surface area contributed by atoms with Crippen molar-refractivity contribution in [2.24, 2.45) is 0 Å². The lowest BCUT2D eigenvalue weighted by Gasteiger charge is -2.12. The van der Waals surface area contributed by atoms with E-state index in [2.05, 4.69) is 5.32 Å². The SMILES string of the molecule is Oc1ccccc1C1NC=CO1. The van der Waals surface area contributed by atoms with E-state index in [1.54, 1.807) is 24.6 Å². The first kappa shape index (κ1) is 7.03. The molecule has 2 rings (SSSR count). The smallest absolute Gasteiger partial charge is 0.198 e. The van der Waals surface area contributed by atoms with E-state index in [1.165, 1.54) is 0 Å². The van der Waals surface area contributed by atoms with Gasteiger partial charge in [0.05, 0.1) is 5.56 Å². The van der Waals surface area contributed by atoms with Crippen molar-refractivity contribution in [3.05, 3.63) is 42.3 Å². The minimum atomic E-state index is -0.244. The van der Waals surface area contributed by atoms with Crippen molar-refractivity contribution < 1.29 is 9.84 Å². The Bertz CT molecular complexity index is 301. The van der Waals surface area contributed by atoms with Gasteiger partial charge in [0.1, 0.15) is 12.0 Å². The van der Waals surface area contributed by atoms with E-state index >= 15 is 0 Å². The molecule has 3 heteroatoms. The molecule has 2 N–H and O–H groups in total. The number of hydrogen-bond donors (Lipinski definition) is 2. The summed E-state index contributed by atoms with van der Waals surface area (Å²) in [7, 11) is 0. The lowest BCUT2D eigenvalue weighted by molar-refractivity contribution is 0.151. The van der Waals surface area contributed by atoms with Crippen LogP contribution in [0, 0.1) is 0 Å². The van der Waals surface area contributed by atoms with Crippen LogP contribution in [0.5, 0.6) is 5.75 Å². The van der Waals surface area contributed by atoms with E-state index in [9.17, 15) is 5.11 Å². The molecule has 1 atom stereocenters. The lowest BCUT2D eigenvalue weighted by atomic mass is 10.2. The zero-order valence-corrected chi connectivity index (χ0v) is 6.40. The zero-order valence-electron chi connectivity index (χ0n) is 6.40. The molecule has 1 aliphatic heterocycles. The fourth-order valence-electron chi connectivity index (χ4n) is 1.16. The van der Waals surface area contributed by atoms with Gasteiger partial charge in [-0.15, -0.1) is 0 Å². The molecule has 1 aliphatic rings. The third-order valence-corrected chi connectivity index (χ3v) is 1.75. The Morgan fingerprint density at radius 3 is 2.83 bits per heavy atom. The van der Waals surface area contributed by atoms with Crippen LogP contribution in [0.4, 0.5) is 0 Å². The predicted octanol–water partition coefficient (Wildman–Crippen LogP) is 1.48. The summed E-state index contributed by atoms with van der Waals surface area (Å²) >= 11 is 0. The van der Waals surface area contributed by atoms with Gasteiger partial charge in [-0.05, 0) is 12.1 Å². The van der Waals surface area contributed by atoms with Crippen molar-refractivity contribution in [2.75, 3.05) is 0 Å². The standard InChI is InChI=1S/C9H9NO2/c11-8-4-2-1-3-7(8)9-10-5-6-12-9/h1-6,9-11H. The summed E-state index contributed by atoms with van der Waals surface area (Å²) in [5.74, 6) is 0.249. The first-order chi connectivity index (χ1) is 5.88. The quantitative estimate of drug-likeness (QED) is 0.658. The van der Waals surface area contributed by atoms with Gasteiger partial charge < -0.3 is 15.2 Å². The van der Waals surface area contributed by atoms with E-state index in [0.29, 0.717) is 0 Å². The molecule has 0 aromatic heterocycles. The van der Waals surface area contributed by atoms with Crippen LogP contribution in [0.1, 0.15) is 11.8 Å². The molecule has 12 heavy (non-hydrogen) atoms. The summed E-state index contributed by atoms with van der Waals surface area (Å²) in [6.07, 6.45) is 3.03. The highest BCUT2D eigenvalue weighted by Gasteiger charge is 2.15. The van der Waals surface area contributed by atoms with Crippen molar-refractivity contribution >= 4 is 0 Å². The monoisotopic (exact) mass is 163 g/mol. The average Bonchev–Trinajstić information content (AvgIpc) is 2.57. The summed E-state index contributed by atoms with van der Waals surface area (Å²) in [5, 5.41) is 12.4. The number of ether oxygens (including phenoxy) is 1. The normalized spacial score (nSPS) is 20.2. The van der Waals surface area contributed by atoms with Gasteiger partial charge in [-0.2, -0.15) is 0 Å². The van der Waals surface area contributed by atoms with Gasteiger partial charge in [0.25, 0.3) is 0 Å². The number of phenols is 1. The highest BCUT2D eigenvalue weighted by Crippen LogP contribution is 2.26. The molecule has 3 nitrogen and oxygen atoms in total. The molecule has 62 valence electrons. The molecular weight excluding hydrogens is 154 g/mol. The van der Waals surface area contributed by atoms with Gasteiger partial charge in [-0.25, -0.2) is 0 Å². The molecule has 0 saturated carbocycles. The Kier molecular flexibility index (Phi) is 1.63. The topological polar surface area (TPSA) is 41.5 Å². The van der Waals surface area contributed by atoms with Gasteiger partial charge in [-0.3, -0.25) is 0 Å². The minimum absolute atomic E-state index is 0.244. The van der Waals surface area contributed by atoms with Gasteiger partial charge in [0, 0.05) is 6.20 Å². The first-order valence-electron chi connectivity index (χ1n) is 3.72. The van der Waals surface area contributed by atoms with Gasteiger partial charge >= 0.3 is 0 Å². The molecule has 0 amide bonds. The Morgan fingerprint density at radius 1 is 1.33 bits per heavy atom. The largest absolute Gasteiger partial charge is 0.507 e. The second-order valence-corrected chi connectivity index (χ2v) is 2.54. The Balaban J connectivity index is 2.27. The van der Waals surface area contributed by atoms with Gasteiger partial charge in [0.2, 0.25) is 0 Å². The Labute approximate surface area is 70.3 Å². The molecule has 0 fully saturated rings. The van der Waals surface area contributed by atoms with Crippen LogP contribution in [0.15, 0.2) is 36.7 Å². The van der Waals surface area contributed by atoms with Crippen molar-refractivity contribution in [2.45, 2.75) is 6.23 Å². The van der Waals surface area contributed by atoms with Crippen molar-refractivity contribution in [1.29, 1.82) is 0 Å². The second-order valence-electron chi connectivity index (χ2n) is 2.54. The number of nitrogens with one attached hydrogen (secondary N) is 1. The predicted molar refractivity (Wildman–Crippen MR) is 44.2 cm³/mol. The van der Waals surface area contributed by atoms with Crippen LogP contribution >= 0.6 is 0 Å². The summed E-state index contributed by atoms with van der Waals surface area (Å²) in [6.45, 7) is 0. The molecule has 0 saturated heterocycles. The molecule has 0 spiro atoms. The van der Waals surface area contributed by atoms with E-state index in [-0.39, 0.29) is 12.0 Å². The fraction of sp³-hybridized carbons (Fsp3) is 0.111. The fourth-order valence-corrected chi connectivity index (χ4v) is 1.16. The van der Waals surface area contributed by atoms with Crippen LogP contribution < -0.4 is 5.32 Å². The lowest BCUT2D eigenvalue weighted by Crippen LogP contribution is -2.11. The molecule has 0 aliphatic carbocycles. The van der Waals surface area contributed by atoms with Crippen LogP contribution in [0.3, 0.4) is 0 Å². The third kappa shape index (κ3) is 1.09. The molecule has 1 aromatic rings. The zero-order chi connectivity index (χ0) is 8.39. The van der Waals surface area contributed by atoms with E-state index in [1.807, 2.05) is 12.1 Å². The summed E-state index contributed by atoms with van der Waals surface area (Å²) in [5.41, 5.74) is 0.752. The van der Waals surface area contributed by atoms with Crippen LogP contribution in [0.25, 0.3) is 0 Å². The summed E-state index contributed by atoms with van der Waals surface area (Å²) in [6, 6.07) is 7.10. The summed E-state index contributed by atoms with van der Waals surface area (Å²) in [4.78, 5) is 0. The average molecular weight is 163 g/mol. The highest BCUT2D eigenvalue weighted by molar-refractivity contribution is 5.34. The highest BCUT2D eigenvalue weighted by atomic mass is 16.5. The maximum absolute atomic E-state index is 9.42. The van der Waals surface area contributed by atoms with Crippen molar-refractivity contribution in [3.8, 4) is 5.75 Å². The minimum Gasteiger partial charge on any atom is -0.507 e. The maximum atomic E-state index is 9.42. The molecule has 0 radical (unpaired) electrons. The molecule has 0 bridgehead atoms. The van der Waals surface area contributed by atoms with E-state index in [4.69, 9.17) is 4.74 Å². The Morgan fingerprint density at radius 2 is 2.17 bits per heavy atom. The third-order valence-electron chi connectivity index (χ3n) is 1.75. The number of para-hydroxylation sites is 1. The van der Waals surface area contributed by atoms with E-state index < -0.39 is 0 Å². The van der Waals surface area contributed by atoms with Crippen molar-refractivity contribution in [3.63, 3.8) is 0 Å². The molecule has 1 aromatic carbocycles. The number of phenolic OH excluding ortho intramolecular Hbond substituents is 1. The number of aromatic hydroxyl groups is 1. The summed E-state index contributed by atoms with van der Waals surface area (Å²) < 4.78 is 5.17. The van der Waals surface area contributed by atoms with Crippen LogP contribution in [-0.4, -0.2) is 5.11 Å². The van der Waals surface area contributed by atoms with Crippen LogP contribution in [-0.2, 0) is 4.74 Å². The maximum Gasteiger partial charge on any atom is 0.198 e. The molecular formula is C9H9NO2. The molecule has 1 unspecified atom stereocenters. The number of hydrogen-bond acceptors (Lipinski definition) is 3. The first-order valence-corrected chi connectivity index (χ1v) is 3.72. The van der Waals surface area contributed by atoms with Gasteiger partial charge in [-0.1, -0.05) is 12.1 Å². The Hall–Kier alpha value is -1.64. The van der Waals surface area contributed by atoms with Crippen LogP contribution in [0.2, 0.25) is 0 Å². The van der Waals surface area contributed by atoms with Gasteiger partial charge in [0.15, 0.2) is 6.23 Å². The number of rotatable bonds is 1. The number of benzene rings is 1. The second kappa shape index (κ2) is 2.77.